The van der Waals surface area contributed by atoms with Crippen LogP contribution in [-0.4, -0.2) is 79.3 Å². The second-order valence-corrected chi connectivity index (χ2v) is 18.8. The minimum absolute atomic E-state index is 0.422. The van der Waals surface area contributed by atoms with Crippen molar-refractivity contribution in [3.8, 4) is 69.0 Å². The summed E-state index contributed by atoms with van der Waals surface area (Å²) in [5, 5.41) is 5.96. The van der Waals surface area contributed by atoms with Gasteiger partial charge in [-0.3, -0.25) is 0 Å². The van der Waals surface area contributed by atoms with E-state index in [2.05, 4.69) is 72.8 Å². The van der Waals surface area contributed by atoms with Crippen molar-refractivity contribution < 1.29 is 56.8 Å². The summed E-state index contributed by atoms with van der Waals surface area (Å²) in [6.45, 7) is 28.7. The lowest BCUT2D eigenvalue weighted by molar-refractivity contribution is 0.261. The van der Waals surface area contributed by atoms with Gasteiger partial charge in [0.05, 0.1) is 79.3 Å². The van der Waals surface area contributed by atoms with Gasteiger partial charge in [-0.25, -0.2) is 0 Å². The van der Waals surface area contributed by atoms with Gasteiger partial charge in [0.2, 0.25) is 23.0 Å². The van der Waals surface area contributed by atoms with Crippen molar-refractivity contribution in [2.24, 2.45) is 0 Å². The van der Waals surface area contributed by atoms with Gasteiger partial charge in [-0.2, -0.15) is 0 Å². The molecule has 5 rings (SSSR count). The van der Waals surface area contributed by atoms with Gasteiger partial charge in [0.1, 0.15) is 0 Å². The van der Waals surface area contributed by atoms with Crippen LogP contribution in [0.15, 0.2) is 72.8 Å². The fraction of sp³-hybridized carbons (Fsp3) is 0.444. The summed E-state index contributed by atoms with van der Waals surface area (Å²) in [5.74, 6) is 6.96. The van der Waals surface area contributed by atoms with E-state index < -0.39 is 15.8 Å². The van der Waals surface area contributed by atoms with Gasteiger partial charge in [-0.15, -0.1) is 0 Å². The Kier molecular flexibility index (Phi) is 21.7. The maximum Gasteiger partial charge on any atom is 0.203 e. The second-order valence-electron chi connectivity index (χ2n) is 14.4. The van der Waals surface area contributed by atoms with Gasteiger partial charge in [-0.1, -0.05) is 24.3 Å². The molecular formula is C54H72O12P2. The molecule has 0 saturated carbocycles. The molecule has 0 aliphatic rings. The van der Waals surface area contributed by atoms with Crippen LogP contribution in [0.2, 0.25) is 0 Å². The van der Waals surface area contributed by atoms with Crippen LogP contribution in [0.25, 0.3) is 0 Å². The molecule has 0 aliphatic carbocycles. The number of benzene rings is 5. The van der Waals surface area contributed by atoms with Crippen LogP contribution in [0.4, 0.5) is 0 Å². The Bertz CT molecular complexity index is 1940. The lowest BCUT2D eigenvalue weighted by atomic mass is 10.3. The summed E-state index contributed by atoms with van der Waals surface area (Å²) < 4.78 is 76.2. The van der Waals surface area contributed by atoms with Crippen LogP contribution in [0, 0.1) is 0 Å². The van der Waals surface area contributed by atoms with Crippen LogP contribution >= 0.6 is 15.8 Å². The smallest absolute Gasteiger partial charge is 0.203 e. The van der Waals surface area contributed by atoms with Gasteiger partial charge >= 0.3 is 0 Å². The van der Waals surface area contributed by atoms with E-state index in [0.29, 0.717) is 148 Å². The fourth-order valence-corrected chi connectivity index (χ4v) is 13.1. The molecule has 0 fully saturated rings. The summed E-state index contributed by atoms with van der Waals surface area (Å²) in [5.41, 5.74) is 0. The standard InChI is InChI=1S/C54H72O12P2/c1-13-55-41-29-37(30-42(56-14-2)51(41)63-21-9)67(38-31-43(57-15-3)52(64-22-10)44(32-38)58-16-4)49-27-25-26-28-50(49)68(39-33-45(59-17-5)53(65-23-11)46(34-39)60-18-6)40-35-47(61-19-7)54(66-24-12)48(36-40)62-20-8/h25-36H,13-24H2,1-12H3. The average Bonchev–Trinajstić information content (AvgIpc) is 3.32. The van der Waals surface area contributed by atoms with E-state index in [1.54, 1.807) is 0 Å². The summed E-state index contributed by atoms with van der Waals surface area (Å²) in [6.07, 6.45) is 0. The molecule has 5 aromatic rings. The molecule has 0 atom stereocenters. The summed E-state index contributed by atoms with van der Waals surface area (Å²) in [7, 11) is -3.00. The third-order valence-electron chi connectivity index (χ3n) is 9.97. The highest BCUT2D eigenvalue weighted by Gasteiger charge is 2.32. The molecule has 12 nitrogen and oxygen atoms in total. The van der Waals surface area contributed by atoms with E-state index >= 15 is 0 Å². The first kappa shape index (κ1) is 53.5. The van der Waals surface area contributed by atoms with Gasteiger partial charge in [0, 0.05) is 0 Å². The van der Waals surface area contributed by atoms with E-state index in [1.165, 1.54) is 0 Å². The average molecular weight is 975 g/mol. The molecule has 0 radical (unpaired) electrons. The van der Waals surface area contributed by atoms with Crippen molar-refractivity contribution in [3.63, 3.8) is 0 Å². The molecule has 0 unspecified atom stereocenters. The molecule has 0 aromatic heterocycles. The number of ether oxygens (including phenoxy) is 12. The number of rotatable bonds is 30. The van der Waals surface area contributed by atoms with Crippen LogP contribution < -0.4 is 88.7 Å². The van der Waals surface area contributed by atoms with Crippen molar-refractivity contribution in [2.75, 3.05) is 79.3 Å². The summed E-state index contributed by atoms with van der Waals surface area (Å²) in [4.78, 5) is 0. The highest BCUT2D eigenvalue weighted by atomic mass is 31.1. The van der Waals surface area contributed by atoms with Crippen molar-refractivity contribution >= 4 is 47.7 Å². The molecule has 68 heavy (non-hydrogen) atoms. The second kappa shape index (κ2) is 27.5. The van der Waals surface area contributed by atoms with Gasteiger partial charge in [0.15, 0.2) is 46.0 Å². The van der Waals surface area contributed by atoms with E-state index in [4.69, 9.17) is 56.8 Å². The molecule has 370 valence electrons. The Labute approximate surface area is 407 Å². The molecule has 0 saturated heterocycles. The predicted octanol–water partition coefficient (Wildman–Crippen LogP) is 9.99. The minimum Gasteiger partial charge on any atom is -0.490 e. The maximum atomic E-state index is 6.40. The van der Waals surface area contributed by atoms with Crippen molar-refractivity contribution in [1.82, 2.24) is 0 Å². The molecule has 14 heteroatoms. The molecule has 0 spiro atoms. The summed E-state index contributed by atoms with van der Waals surface area (Å²) >= 11 is 0. The number of hydrogen-bond acceptors (Lipinski definition) is 12. The van der Waals surface area contributed by atoms with Gasteiger partial charge in [0.25, 0.3) is 0 Å². The van der Waals surface area contributed by atoms with Crippen molar-refractivity contribution in [2.45, 2.75) is 83.1 Å². The molecule has 5 aromatic carbocycles. The SMILES string of the molecule is CCOc1cc(P(c2cc(OCC)c(OCC)c(OCC)c2)c2ccccc2P(c2cc(OCC)c(OCC)c(OCC)c2)c2cc(OCC)c(OCC)c(OCC)c2)cc(OCC)c1OCC. The van der Waals surface area contributed by atoms with E-state index in [0.717, 1.165) is 31.8 Å². The van der Waals surface area contributed by atoms with Crippen LogP contribution in [0.5, 0.6) is 69.0 Å². The first-order valence-electron chi connectivity index (χ1n) is 24.2. The molecule has 0 N–H and O–H groups in total. The van der Waals surface area contributed by atoms with Crippen LogP contribution in [0.3, 0.4) is 0 Å². The zero-order chi connectivity index (χ0) is 49.0. The van der Waals surface area contributed by atoms with Crippen LogP contribution in [-0.2, 0) is 0 Å². The Morgan fingerprint density at radius 2 is 0.412 bits per heavy atom. The van der Waals surface area contributed by atoms with Gasteiger partial charge < -0.3 is 56.8 Å². The largest absolute Gasteiger partial charge is 0.490 e. The monoisotopic (exact) mass is 974 g/mol. The topological polar surface area (TPSA) is 111 Å². The molecular weight excluding hydrogens is 903 g/mol. The molecule has 0 heterocycles. The highest BCUT2D eigenvalue weighted by molar-refractivity contribution is 7.85. The molecule has 0 amide bonds. The lowest BCUT2D eigenvalue weighted by Gasteiger charge is -2.30. The Morgan fingerprint density at radius 1 is 0.250 bits per heavy atom. The van der Waals surface area contributed by atoms with E-state index in [1.807, 2.05) is 83.1 Å². The van der Waals surface area contributed by atoms with Crippen molar-refractivity contribution in [1.29, 1.82) is 0 Å². The Morgan fingerprint density at radius 3 is 0.559 bits per heavy atom. The third kappa shape index (κ3) is 12.8. The Hall–Kier alpha value is -5.44. The van der Waals surface area contributed by atoms with E-state index in [-0.39, 0.29) is 0 Å². The van der Waals surface area contributed by atoms with Crippen LogP contribution in [0.1, 0.15) is 83.1 Å². The zero-order valence-electron chi connectivity index (χ0n) is 42.2. The minimum atomic E-state index is -1.50. The van der Waals surface area contributed by atoms with Crippen molar-refractivity contribution in [3.05, 3.63) is 72.8 Å². The normalized spacial score (nSPS) is 11.0. The predicted molar refractivity (Wildman–Crippen MR) is 278 cm³/mol. The summed E-state index contributed by atoms with van der Waals surface area (Å²) in [6, 6.07) is 25.3. The Balaban J connectivity index is 2.03. The highest BCUT2D eigenvalue weighted by Crippen LogP contribution is 2.50. The van der Waals surface area contributed by atoms with E-state index in [9.17, 15) is 0 Å². The lowest BCUT2D eigenvalue weighted by Crippen LogP contribution is -2.35. The quantitative estimate of drug-likeness (QED) is 0.0409. The zero-order valence-corrected chi connectivity index (χ0v) is 44.0. The third-order valence-corrected chi connectivity index (χ3v) is 15.0. The maximum absolute atomic E-state index is 6.40. The molecule has 0 aliphatic heterocycles. The van der Waals surface area contributed by atoms with Gasteiger partial charge in [-0.05, 0) is 179 Å². The fourth-order valence-electron chi connectivity index (χ4n) is 7.71. The first-order valence-corrected chi connectivity index (χ1v) is 26.9. The number of hydrogen-bond donors (Lipinski definition) is 0. The molecule has 0 bridgehead atoms. The first-order chi connectivity index (χ1) is 33.2.